The van der Waals surface area contributed by atoms with Crippen LogP contribution in [0.2, 0.25) is 0 Å². The molecule has 0 radical (unpaired) electrons. The van der Waals surface area contributed by atoms with Crippen LogP contribution in [0.15, 0.2) is 46.9 Å². The van der Waals surface area contributed by atoms with Gasteiger partial charge in [-0.3, -0.25) is 10.1 Å². The summed E-state index contributed by atoms with van der Waals surface area (Å²) in [6.07, 6.45) is 0. The summed E-state index contributed by atoms with van der Waals surface area (Å²) in [5, 5.41) is 22.6. The largest absolute Gasteiger partial charge is 0.381 e. The van der Waals surface area contributed by atoms with Crippen LogP contribution in [0.1, 0.15) is 11.1 Å². The molecule has 0 aliphatic heterocycles. The Hall–Kier alpha value is -2.39. The topological polar surface area (TPSA) is 79.0 Å². The molecule has 20 heavy (non-hydrogen) atoms. The lowest BCUT2D eigenvalue weighted by atomic mass is 10.2. The lowest BCUT2D eigenvalue weighted by Crippen LogP contribution is -1.99. The monoisotopic (exact) mass is 331 g/mol. The molecule has 0 saturated heterocycles. The third-order valence-electron chi connectivity index (χ3n) is 2.73. The van der Waals surface area contributed by atoms with E-state index in [4.69, 9.17) is 5.26 Å². The van der Waals surface area contributed by atoms with Gasteiger partial charge in [0.25, 0.3) is 5.69 Å². The van der Waals surface area contributed by atoms with Crippen molar-refractivity contribution in [2.24, 2.45) is 0 Å². The van der Waals surface area contributed by atoms with Gasteiger partial charge in [0, 0.05) is 28.8 Å². The van der Waals surface area contributed by atoms with E-state index in [1.807, 2.05) is 12.1 Å². The van der Waals surface area contributed by atoms with Crippen molar-refractivity contribution in [1.29, 1.82) is 5.26 Å². The first-order valence-electron chi connectivity index (χ1n) is 5.77. The maximum Gasteiger partial charge on any atom is 0.269 e. The van der Waals surface area contributed by atoms with Crippen molar-refractivity contribution in [2.75, 3.05) is 5.32 Å². The van der Waals surface area contributed by atoms with Crippen molar-refractivity contribution in [3.63, 3.8) is 0 Å². The van der Waals surface area contributed by atoms with E-state index in [1.54, 1.807) is 18.2 Å². The van der Waals surface area contributed by atoms with Gasteiger partial charge in [-0.25, -0.2) is 0 Å². The third-order valence-corrected chi connectivity index (χ3v) is 3.39. The summed E-state index contributed by atoms with van der Waals surface area (Å²) in [5.74, 6) is 0. The number of nitro groups is 1. The predicted molar refractivity (Wildman–Crippen MR) is 79.3 cm³/mol. The van der Waals surface area contributed by atoms with Gasteiger partial charge < -0.3 is 5.32 Å². The Morgan fingerprint density at radius 1 is 1.25 bits per heavy atom. The molecule has 0 fully saturated rings. The van der Waals surface area contributed by atoms with Gasteiger partial charge in [0.05, 0.1) is 10.5 Å². The molecule has 0 aromatic heterocycles. The van der Waals surface area contributed by atoms with Gasteiger partial charge >= 0.3 is 0 Å². The molecule has 0 atom stereocenters. The molecule has 0 amide bonds. The Morgan fingerprint density at radius 3 is 2.50 bits per heavy atom. The summed E-state index contributed by atoms with van der Waals surface area (Å²) in [6.45, 7) is 0.552. The maximum absolute atomic E-state index is 10.5. The number of benzene rings is 2. The van der Waals surface area contributed by atoms with Crippen molar-refractivity contribution >= 4 is 27.3 Å². The van der Waals surface area contributed by atoms with Crippen LogP contribution in [0.25, 0.3) is 0 Å². The second kappa shape index (κ2) is 6.17. The molecule has 1 N–H and O–H groups in total. The first-order chi connectivity index (χ1) is 9.60. The number of nitrogens with one attached hydrogen (secondary N) is 1. The molecule has 0 saturated carbocycles. The van der Waals surface area contributed by atoms with E-state index in [-0.39, 0.29) is 5.69 Å². The quantitative estimate of drug-likeness (QED) is 0.681. The van der Waals surface area contributed by atoms with Crippen molar-refractivity contribution in [1.82, 2.24) is 0 Å². The Morgan fingerprint density at radius 2 is 1.95 bits per heavy atom. The number of hydrogen-bond donors (Lipinski definition) is 1. The summed E-state index contributed by atoms with van der Waals surface area (Å²) < 4.78 is 0.730. The minimum Gasteiger partial charge on any atom is -0.381 e. The fraction of sp³-hybridized carbons (Fsp3) is 0.0714. The number of hydrogen-bond acceptors (Lipinski definition) is 4. The van der Waals surface area contributed by atoms with E-state index in [1.165, 1.54) is 12.1 Å². The van der Waals surface area contributed by atoms with Gasteiger partial charge in [-0.1, -0.05) is 12.1 Å². The van der Waals surface area contributed by atoms with Crippen LogP contribution in [0, 0.1) is 21.4 Å². The molecule has 6 heteroatoms. The Labute approximate surface area is 124 Å². The highest BCUT2D eigenvalue weighted by molar-refractivity contribution is 9.10. The normalized spacial score (nSPS) is 9.80. The van der Waals surface area contributed by atoms with Crippen molar-refractivity contribution < 1.29 is 4.92 Å². The van der Waals surface area contributed by atoms with Crippen molar-refractivity contribution in [2.45, 2.75) is 6.54 Å². The Kier molecular flexibility index (Phi) is 4.33. The zero-order chi connectivity index (χ0) is 14.5. The van der Waals surface area contributed by atoms with Crippen molar-refractivity contribution in [3.05, 3.63) is 68.2 Å². The molecule has 2 aromatic carbocycles. The first kappa shape index (κ1) is 14.0. The van der Waals surface area contributed by atoms with Crippen LogP contribution in [0.5, 0.6) is 0 Å². The third kappa shape index (κ3) is 3.33. The fourth-order valence-electron chi connectivity index (χ4n) is 1.66. The lowest BCUT2D eigenvalue weighted by molar-refractivity contribution is -0.384. The summed E-state index contributed by atoms with van der Waals surface area (Å²) in [7, 11) is 0. The predicted octanol–water partition coefficient (Wildman–Crippen LogP) is 3.84. The molecular weight excluding hydrogens is 322 g/mol. The number of nitriles is 1. The van der Waals surface area contributed by atoms with Crippen LogP contribution in [-0.2, 0) is 6.54 Å². The van der Waals surface area contributed by atoms with Gasteiger partial charge in [-0.05, 0) is 39.7 Å². The summed E-state index contributed by atoms with van der Waals surface area (Å²) in [4.78, 5) is 10.1. The van der Waals surface area contributed by atoms with Gasteiger partial charge in [0.1, 0.15) is 6.07 Å². The second-order valence-electron chi connectivity index (χ2n) is 4.08. The molecule has 100 valence electrons. The number of halogens is 1. The number of rotatable bonds is 4. The molecule has 0 heterocycles. The van der Waals surface area contributed by atoms with Gasteiger partial charge in [0.15, 0.2) is 0 Å². The van der Waals surface area contributed by atoms with Gasteiger partial charge in [-0.15, -0.1) is 0 Å². The Balaban J connectivity index is 2.03. The summed E-state index contributed by atoms with van der Waals surface area (Å²) in [5.41, 5.74) is 2.46. The number of anilines is 1. The zero-order valence-corrected chi connectivity index (χ0v) is 11.9. The van der Waals surface area contributed by atoms with E-state index in [0.29, 0.717) is 12.1 Å². The van der Waals surface area contributed by atoms with E-state index in [9.17, 15) is 10.1 Å². The van der Waals surface area contributed by atoms with Crippen LogP contribution in [-0.4, -0.2) is 4.92 Å². The molecule has 2 rings (SSSR count). The van der Waals surface area contributed by atoms with Crippen LogP contribution in [0.3, 0.4) is 0 Å². The second-order valence-corrected chi connectivity index (χ2v) is 4.94. The fourth-order valence-corrected chi connectivity index (χ4v) is 2.12. The highest BCUT2D eigenvalue weighted by atomic mass is 79.9. The Bertz CT molecular complexity index is 678. The zero-order valence-electron chi connectivity index (χ0n) is 10.3. The highest BCUT2D eigenvalue weighted by Gasteiger charge is 2.04. The van der Waals surface area contributed by atoms with Crippen LogP contribution in [0.4, 0.5) is 11.4 Å². The standard InChI is InChI=1S/C14H10BrN3O2/c15-14-7-12(4-3-11(14)8-16)17-9-10-1-5-13(6-2-10)18(19)20/h1-7,17H,9H2. The minimum atomic E-state index is -0.422. The molecule has 0 aliphatic carbocycles. The first-order valence-corrected chi connectivity index (χ1v) is 6.56. The van der Waals surface area contributed by atoms with E-state index in [0.717, 1.165) is 15.7 Å². The van der Waals surface area contributed by atoms with E-state index >= 15 is 0 Å². The van der Waals surface area contributed by atoms with Crippen LogP contribution >= 0.6 is 15.9 Å². The summed E-state index contributed by atoms with van der Waals surface area (Å²) in [6, 6.07) is 13.8. The lowest BCUT2D eigenvalue weighted by Gasteiger charge is -2.07. The van der Waals surface area contributed by atoms with Gasteiger partial charge in [0.2, 0.25) is 0 Å². The maximum atomic E-state index is 10.5. The molecular formula is C14H10BrN3O2. The SMILES string of the molecule is N#Cc1ccc(NCc2ccc([N+](=O)[O-])cc2)cc1Br. The van der Waals surface area contributed by atoms with E-state index < -0.39 is 4.92 Å². The molecule has 0 spiro atoms. The molecule has 0 aliphatic rings. The van der Waals surface area contributed by atoms with Crippen molar-refractivity contribution in [3.8, 4) is 6.07 Å². The molecule has 0 unspecified atom stereocenters. The number of nitrogens with zero attached hydrogens (tertiary/aromatic N) is 2. The number of non-ortho nitro benzene ring substituents is 1. The number of nitro benzene ring substituents is 1. The minimum absolute atomic E-state index is 0.0786. The molecule has 0 bridgehead atoms. The average Bonchev–Trinajstić information content (AvgIpc) is 2.45. The molecule has 5 nitrogen and oxygen atoms in total. The average molecular weight is 332 g/mol. The van der Waals surface area contributed by atoms with Gasteiger partial charge in [-0.2, -0.15) is 5.26 Å². The smallest absolute Gasteiger partial charge is 0.269 e. The van der Waals surface area contributed by atoms with E-state index in [2.05, 4.69) is 27.3 Å². The van der Waals surface area contributed by atoms with Crippen LogP contribution < -0.4 is 5.32 Å². The summed E-state index contributed by atoms with van der Waals surface area (Å²) >= 11 is 3.32. The molecule has 2 aromatic rings. The highest BCUT2D eigenvalue weighted by Crippen LogP contribution is 2.21.